The van der Waals surface area contributed by atoms with Gasteiger partial charge in [0, 0.05) is 25.8 Å². The summed E-state index contributed by atoms with van der Waals surface area (Å²) < 4.78 is 1.97. The zero-order chi connectivity index (χ0) is 18.2. The first-order chi connectivity index (χ1) is 12.8. The Labute approximate surface area is 180 Å². The van der Waals surface area contributed by atoms with Crippen LogP contribution in [0.5, 0.6) is 0 Å². The average Bonchev–Trinajstić information content (AvgIpc) is 3.06. The van der Waals surface area contributed by atoms with E-state index in [1.165, 1.54) is 37.7 Å². The number of aryl methyl sites for hydroxylation is 2. The third-order valence-corrected chi connectivity index (χ3v) is 5.11. The SMILES string of the molecule is CN=C(NCCCc1cn(-c2ccccc2)nc1C)NC1CCCCC1.I. The maximum Gasteiger partial charge on any atom is 0.191 e. The first kappa shape index (κ1) is 21.7. The smallest absolute Gasteiger partial charge is 0.191 e. The lowest BCUT2D eigenvalue weighted by Gasteiger charge is -2.24. The molecule has 2 N–H and O–H groups in total. The molecule has 0 aliphatic heterocycles. The molecule has 0 unspecified atom stereocenters. The molecule has 27 heavy (non-hydrogen) atoms. The molecule has 1 aromatic carbocycles. The number of nitrogens with one attached hydrogen (secondary N) is 2. The van der Waals surface area contributed by atoms with Crippen LogP contribution < -0.4 is 10.6 Å². The molecule has 0 bridgehead atoms. The van der Waals surface area contributed by atoms with E-state index in [4.69, 9.17) is 0 Å². The molecule has 1 saturated carbocycles. The van der Waals surface area contributed by atoms with Crippen molar-refractivity contribution >= 4 is 29.9 Å². The molecular formula is C21H32IN5. The molecule has 5 nitrogen and oxygen atoms in total. The number of hydrogen-bond acceptors (Lipinski definition) is 2. The van der Waals surface area contributed by atoms with Crippen molar-refractivity contribution in [2.75, 3.05) is 13.6 Å². The number of aliphatic imine (C=N–C) groups is 1. The maximum atomic E-state index is 4.65. The normalized spacial score (nSPS) is 15.3. The van der Waals surface area contributed by atoms with Crippen molar-refractivity contribution in [2.45, 2.75) is 57.9 Å². The predicted molar refractivity (Wildman–Crippen MR) is 123 cm³/mol. The van der Waals surface area contributed by atoms with E-state index >= 15 is 0 Å². The van der Waals surface area contributed by atoms with Gasteiger partial charge in [0.05, 0.1) is 11.4 Å². The summed E-state index contributed by atoms with van der Waals surface area (Å²) in [6.07, 6.45) is 10.8. The van der Waals surface area contributed by atoms with Crippen LogP contribution in [0.1, 0.15) is 49.8 Å². The van der Waals surface area contributed by atoms with E-state index in [1.54, 1.807) is 0 Å². The van der Waals surface area contributed by atoms with Crippen LogP contribution in [0.3, 0.4) is 0 Å². The van der Waals surface area contributed by atoms with E-state index in [9.17, 15) is 0 Å². The molecule has 1 aliphatic carbocycles. The Bertz CT molecular complexity index is 705. The van der Waals surface area contributed by atoms with Gasteiger partial charge in [0.25, 0.3) is 0 Å². The predicted octanol–water partition coefficient (Wildman–Crippen LogP) is 4.23. The molecule has 148 valence electrons. The molecule has 6 heteroatoms. The molecule has 1 fully saturated rings. The van der Waals surface area contributed by atoms with E-state index in [2.05, 4.69) is 46.0 Å². The van der Waals surface area contributed by atoms with Gasteiger partial charge in [-0.1, -0.05) is 37.5 Å². The standard InChI is InChI=1S/C21H31N5.HI/c1-17-18(16-26(25-17)20-13-7-4-8-14-20)10-9-15-23-21(22-2)24-19-11-5-3-6-12-19;/h4,7-8,13-14,16,19H,3,5-6,9-12,15H2,1-2H3,(H2,22,23,24);1H. The van der Waals surface area contributed by atoms with Crippen LogP contribution in [0.15, 0.2) is 41.5 Å². The fourth-order valence-corrected chi connectivity index (χ4v) is 3.57. The first-order valence-electron chi connectivity index (χ1n) is 9.84. The molecular weight excluding hydrogens is 449 g/mol. The molecule has 0 atom stereocenters. The van der Waals surface area contributed by atoms with Crippen LogP contribution >= 0.6 is 24.0 Å². The van der Waals surface area contributed by atoms with E-state index in [1.807, 2.05) is 29.9 Å². The molecule has 1 aliphatic rings. The molecule has 0 radical (unpaired) electrons. The number of halogens is 1. The Kier molecular flexibility index (Phi) is 9.10. The summed E-state index contributed by atoms with van der Waals surface area (Å²) in [6, 6.07) is 10.9. The highest BCUT2D eigenvalue weighted by atomic mass is 127. The van der Waals surface area contributed by atoms with Gasteiger partial charge in [-0.25, -0.2) is 4.68 Å². The second-order valence-corrected chi connectivity index (χ2v) is 7.10. The summed E-state index contributed by atoms with van der Waals surface area (Å²) in [4.78, 5) is 4.37. The summed E-state index contributed by atoms with van der Waals surface area (Å²) in [5, 5.41) is 11.7. The first-order valence-corrected chi connectivity index (χ1v) is 9.84. The van der Waals surface area contributed by atoms with Crippen molar-refractivity contribution < 1.29 is 0 Å². The Morgan fingerprint density at radius 1 is 1.19 bits per heavy atom. The summed E-state index contributed by atoms with van der Waals surface area (Å²) in [5.41, 5.74) is 3.53. The molecule has 1 heterocycles. The van der Waals surface area contributed by atoms with Crippen LogP contribution in [0, 0.1) is 6.92 Å². The zero-order valence-corrected chi connectivity index (χ0v) is 18.8. The zero-order valence-electron chi connectivity index (χ0n) is 16.4. The number of benzene rings is 1. The van der Waals surface area contributed by atoms with Crippen molar-refractivity contribution in [3.05, 3.63) is 47.8 Å². The van der Waals surface area contributed by atoms with Crippen molar-refractivity contribution in [2.24, 2.45) is 4.99 Å². The fraction of sp³-hybridized carbons (Fsp3) is 0.524. The van der Waals surface area contributed by atoms with Crippen LogP contribution in [0.25, 0.3) is 5.69 Å². The van der Waals surface area contributed by atoms with E-state index in [-0.39, 0.29) is 24.0 Å². The summed E-state index contributed by atoms with van der Waals surface area (Å²) in [5.74, 6) is 0.939. The van der Waals surface area contributed by atoms with Crippen LogP contribution in [0.4, 0.5) is 0 Å². The lowest BCUT2D eigenvalue weighted by molar-refractivity contribution is 0.410. The Hall–Kier alpha value is -1.57. The topological polar surface area (TPSA) is 54.2 Å². The molecule has 0 amide bonds. The van der Waals surface area contributed by atoms with Crippen LogP contribution in [-0.4, -0.2) is 35.4 Å². The van der Waals surface area contributed by atoms with Crippen molar-refractivity contribution in [1.29, 1.82) is 0 Å². The second kappa shape index (κ2) is 11.3. The van der Waals surface area contributed by atoms with Gasteiger partial charge in [-0.05, 0) is 50.3 Å². The van der Waals surface area contributed by atoms with Crippen molar-refractivity contribution in [3.63, 3.8) is 0 Å². The van der Waals surface area contributed by atoms with Gasteiger partial charge in [0.2, 0.25) is 0 Å². The van der Waals surface area contributed by atoms with Gasteiger partial charge >= 0.3 is 0 Å². The molecule has 2 aromatic rings. The van der Waals surface area contributed by atoms with Gasteiger partial charge in [0.15, 0.2) is 5.96 Å². The number of nitrogens with zero attached hydrogens (tertiary/aromatic N) is 3. The van der Waals surface area contributed by atoms with Crippen LogP contribution in [-0.2, 0) is 6.42 Å². The van der Waals surface area contributed by atoms with Gasteiger partial charge < -0.3 is 10.6 Å². The Balaban J connectivity index is 0.00000261. The minimum absolute atomic E-state index is 0. The van der Waals surface area contributed by atoms with Gasteiger partial charge in [0.1, 0.15) is 0 Å². The van der Waals surface area contributed by atoms with Crippen molar-refractivity contribution in [1.82, 2.24) is 20.4 Å². The highest BCUT2D eigenvalue weighted by Crippen LogP contribution is 2.17. The number of aromatic nitrogens is 2. The Morgan fingerprint density at radius 3 is 2.63 bits per heavy atom. The molecule has 3 rings (SSSR count). The third kappa shape index (κ3) is 6.52. The minimum Gasteiger partial charge on any atom is -0.356 e. The van der Waals surface area contributed by atoms with E-state index in [0.29, 0.717) is 6.04 Å². The van der Waals surface area contributed by atoms with Crippen molar-refractivity contribution in [3.8, 4) is 5.69 Å². The average molecular weight is 481 g/mol. The molecule has 0 saturated heterocycles. The highest BCUT2D eigenvalue weighted by Gasteiger charge is 2.14. The summed E-state index contributed by atoms with van der Waals surface area (Å²) in [6.45, 7) is 3.01. The van der Waals surface area contributed by atoms with Gasteiger partial charge in [-0.15, -0.1) is 24.0 Å². The number of hydrogen-bond donors (Lipinski definition) is 2. The van der Waals surface area contributed by atoms with Crippen LogP contribution in [0.2, 0.25) is 0 Å². The molecule has 0 spiro atoms. The largest absolute Gasteiger partial charge is 0.356 e. The second-order valence-electron chi connectivity index (χ2n) is 7.10. The Morgan fingerprint density at radius 2 is 1.93 bits per heavy atom. The monoisotopic (exact) mass is 481 g/mol. The number of rotatable bonds is 6. The van der Waals surface area contributed by atoms with Gasteiger partial charge in [-0.3, -0.25) is 4.99 Å². The summed E-state index contributed by atoms with van der Waals surface area (Å²) in [7, 11) is 1.85. The number of para-hydroxylation sites is 1. The minimum atomic E-state index is 0. The highest BCUT2D eigenvalue weighted by molar-refractivity contribution is 14.0. The fourth-order valence-electron chi connectivity index (χ4n) is 3.57. The van der Waals surface area contributed by atoms with E-state index < -0.39 is 0 Å². The lowest BCUT2D eigenvalue weighted by atomic mass is 9.96. The molecule has 1 aromatic heterocycles. The third-order valence-electron chi connectivity index (χ3n) is 5.11. The van der Waals surface area contributed by atoms with E-state index in [0.717, 1.165) is 36.7 Å². The summed E-state index contributed by atoms with van der Waals surface area (Å²) >= 11 is 0. The quantitative estimate of drug-likeness (QED) is 0.281. The van der Waals surface area contributed by atoms with Gasteiger partial charge in [-0.2, -0.15) is 5.10 Å². The number of guanidine groups is 1. The lowest BCUT2D eigenvalue weighted by Crippen LogP contribution is -2.44. The maximum absolute atomic E-state index is 4.65.